The van der Waals surface area contributed by atoms with Gasteiger partial charge in [-0.05, 0) is 41.5 Å². The zero-order valence-electron chi connectivity index (χ0n) is 15.7. The molecule has 146 valence electrons. The van der Waals surface area contributed by atoms with Crippen molar-refractivity contribution in [3.8, 4) is 0 Å². The molecule has 0 fully saturated rings. The van der Waals surface area contributed by atoms with Gasteiger partial charge in [-0.2, -0.15) is 0 Å². The number of amides is 2. The van der Waals surface area contributed by atoms with Crippen molar-refractivity contribution >= 4 is 18.0 Å². The van der Waals surface area contributed by atoms with Gasteiger partial charge in [0.2, 0.25) is 5.91 Å². The molecule has 0 aliphatic heterocycles. The van der Waals surface area contributed by atoms with Gasteiger partial charge in [-0.1, -0.05) is 0 Å². The van der Waals surface area contributed by atoms with Crippen LogP contribution in [0.1, 0.15) is 48.0 Å². The van der Waals surface area contributed by atoms with E-state index in [-0.39, 0.29) is 6.54 Å². The fourth-order valence-electron chi connectivity index (χ4n) is 1.57. The van der Waals surface area contributed by atoms with Crippen molar-refractivity contribution in [3.63, 3.8) is 0 Å². The van der Waals surface area contributed by atoms with E-state index in [4.69, 9.17) is 14.6 Å². The number of hydrogen-bond acceptors (Lipinski definition) is 7. The molecule has 0 spiro atoms. The van der Waals surface area contributed by atoms with Crippen LogP contribution < -0.4 is 10.6 Å². The highest BCUT2D eigenvalue weighted by atomic mass is 16.6. The monoisotopic (exact) mass is 362 g/mol. The quantitative estimate of drug-likeness (QED) is 0.471. The summed E-state index contributed by atoms with van der Waals surface area (Å²) in [5.41, 5.74) is -1.56. The van der Waals surface area contributed by atoms with E-state index in [1.54, 1.807) is 41.5 Å². The lowest BCUT2D eigenvalue weighted by Crippen LogP contribution is -2.48. The van der Waals surface area contributed by atoms with E-state index in [1.807, 2.05) is 0 Å². The van der Waals surface area contributed by atoms with Gasteiger partial charge in [-0.15, -0.1) is 0 Å². The first kappa shape index (κ1) is 23.1. The largest absolute Gasteiger partial charge is 0.458 e. The summed E-state index contributed by atoms with van der Waals surface area (Å²) in [5.74, 6) is -1.38. The Morgan fingerprint density at radius 3 is 1.96 bits per heavy atom. The zero-order chi connectivity index (χ0) is 19.8. The minimum absolute atomic E-state index is 0.178. The maximum absolute atomic E-state index is 12.2. The van der Waals surface area contributed by atoms with Gasteiger partial charge in [0.05, 0.1) is 19.1 Å². The number of aliphatic hydroxyl groups is 2. The maximum Gasteiger partial charge on any atom is 0.408 e. The van der Waals surface area contributed by atoms with Crippen LogP contribution in [0, 0.1) is 0 Å². The van der Waals surface area contributed by atoms with Crippen molar-refractivity contribution in [2.45, 2.75) is 71.3 Å². The molecule has 0 aromatic heterocycles. The molecule has 2 atom stereocenters. The molecule has 25 heavy (non-hydrogen) atoms. The van der Waals surface area contributed by atoms with Crippen LogP contribution >= 0.6 is 0 Å². The Morgan fingerprint density at radius 1 is 1.00 bits per heavy atom. The van der Waals surface area contributed by atoms with Crippen LogP contribution in [-0.2, 0) is 19.1 Å². The molecule has 2 amide bonds. The Morgan fingerprint density at radius 2 is 1.52 bits per heavy atom. The number of esters is 1. The Labute approximate surface area is 148 Å². The SMILES string of the molecule is CC(C)(C)OC(=O)NC(CC(=O)NCC(O)CO)C(=O)OC(C)(C)C. The summed E-state index contributed by atoms with van der Waals surface area (Å²) in [5, 5.41) is 22.6. The van der Waals surface area contributed by atoms with Gasteiger partial charge >= 0.3 is 12.1 Å². The Hall–Kier alpha value is -1.87. The third-order valence-corrected chi connectivity index (χ3v) is 2.52. The van der Waals surface area contributed by atoms with Gasteiger partial charge in [-0.25, -0.2) is 9.59 Å². The van der Waals surface area contributed by atoms with Crippen molar-refractivity contribution in [1.82, 2.24) is 10.6 Å². The molecule has 9 nitrogen and oxygen atoms in total. The Bertz CT molecular complexity index is 466. The van der Waals surface area contributed by atoms with Crippen molar-refractivity contribution in [3.05, 3.63) is 0 Å². The lowest BCUT2D eigenvalue weighted by Gasteiger charge is -2.26. The van der Waals surface area contributed by atoms with Crippen molar-refractivity contribution < 1.29 is 34.1 Å². The second kappa shape index (κ2) is 9.57. The number of carbonyl (C=O) groups excluding carboxylic acids is 3. The predicted octanol–water partition coefficient (Wildman–Crippen LogP) is 0.0809. The lowest BCUT2D eigenvalue weighted by molar-refractivity contribution is -0.158. The summed E-state index contributed by atoms with van der Waals surface area (Å²) >= 11 is 0. The van der Waals surface area contributed by atoms with E-state index in [1.165, 1.54) is 0 Å². The molecule has 0 radical (unpaired) electrons. The second-order valence-electron chi connectivity index (χ2n) is 7.58. The Balaban J connectivity index is 4.92. The molecule has 0 rings (SSSR count). The summed E-state index contributed by atoms with van der Waals surface area (Å²) in [4.78, 5) is 36.0. The highest BCUT2D eigenvalue weighted by molar-refractivity contribution is 5.88. The molecule has 9 heteroatoms. The lowest BCUT2D eigenvalue weighted by atomic mass is 10.1. The third kappa shape index (κ3) is 12.2. The Kier molecular flexibility index (Phi) is 8.86. The van der Waals surface area contributed by atoms with Crippen LogP contribution in [0.25, 0.3) is 0 Å². The number of hydrogen-bond donors (Lipinski definition) is 4. The molecule has 4 N–H and O–H groups in total. The molecule has 0 aliphatic rings. The van der Waals surface area contributed by atoms with E-state index >= 15 is 0 Å². The van der Waals surface area contributed by atoms with E-state index in [0.29, 0.717) is 0 Å². The van der Waals surface area contributed by atoms with Crippen LogP contribution in [0.15, 0.2) is 0 Å². The van der Waals surface area contributed by atoms with Crippen LogP contribution in [-0.4, -0.2) is 64.7 Å². The highest BCUT2D eigenvalue weighted by Crippen LogP contribution is 2.11. The van der Waals surface area contributed by atoms with E-state index in [2.05, 4.69) is 10.6 Å². The van der Waals surface area contributed by atoms with Crippen LogP contribution in [0.4, 0.5) is 4.79 Å². The predicted molar refractivity (Wildman–Crippen MR) is 89.7 cm³/mol. The number of nitrogens with one attached hydrogen (secondary N) is 2. The number of alkyl carbamates (subject to hydrolysis) is 1. The molecule has 0 heterocycles. The van der Waals surface area contributed by atoms with Gasteiger partial charge in [-0.3, -0.25) is 4.79 Å². The molecule has 0 saturated carbocycles. The molecular weight excluding hydrogens is 332 g/mol. The first-order valence-corrected chi connectivity index (χ1v) is 8.01. The van der Waals surface area contributed by atoms with Gasteiger partial charge < -0.3 is 30.3 Å². The third-order valence-electron chi connectivity index (χ3n) is 2.52. The minimum atomic E-state index is -1.25. The smallest absolute Gasteiger partial charge is 0.408 e. The topological polar surface area (TPSA) is 134 Å². The molecule has 0 aliphatic carbocycles. The first-order valence-electron chi connectivity index (χ1n) is 8.01. The average molecular weight is 362 g/mol. The first-order chi connectivity index (χ1) is 11.2. The van der Waals surface area contributed by atoms with Gasteiger partial charge in [0.1, 0.15) is 17.2 Å². The molecule has 0 aromatic carbocycles. The van der Waals surface area contributed by atoms with Crippen LogP contribution in [0.3, 0.4) is 0 Å². The van der Waals surface area contributed by atoms with Crippen molar-refractivity contribution in [1.29, 1.82) is 0 Å². The fourth-order valence-corrected chi connectivity index (χ4v) is 1.57. The summed E-state index contributed by atoms with van der Waals surface area (Å²) in [7, 11) is 0. The fraction of sp³-hybridized carbons (Fsp3) is 0.812. The van der Waals surface area contributed by atoms with E-state index in [9.17, 15) is 19.5 Å². The van der Waals surface area contributed by atoms with Crippen molar-refractivity contribution in [2.75, 3.05) is 13.2 Å². The van der Waals surface area contributed by atoms with Gasteiger partial charge in [0, 0.05) is 6.54 Å². The van der Waals surface area contributed by atoms with Crippen LogP contribution in [0.2, 0.25) is 0 Å². The van der Waals surface area contributed by atoms with Gasteiger partial charge in [0.15, 0.2) is 0 Å². The standard InChI is InChI=1S/C16H30N2O7/c1-15(2,3)24-13(22)11(18-14(23)25-16(4,5)6)7-12(21)17-8-10(20)9-19/h10-11,19-20H,7-9H2,1-6H3,(H,17,21)(H,18,23). The molecule has 0 saturated heterocycles. The summed E-state index contributed by atoms with van der Waals surface area (Å²) in [6.45, 7) is 9.29. The molecule has 0 bridgehead atoms. The van der Waals surface area contributed by atoms with E-state index in [0.717, 1.165) is 0 Å². The summed E-state index contributed by atoms with van der Waals surface area (Å²) in [6.07, 6.45) is -2.36. The minimum Gasteiger partial charge on any atom is -0.458 e. The number of rotatable bonds is 7. The maximum atomic E-state index is 12.2. The summed E-state index contributed by atoms with van der Waals surface area (Å²) < 4.78 is 10.3. The number of ether oxygens (including phenoxy) is 2. The zero-order valence-corrected chi connectivity index (χ0v) is 15.7. The number of aliphatic hydroxyl groups excluding tert-OH is 2. The van der Waals surface area contributed by atoms with Gasteiger partial charge in [0.25, 0.3) is 0 Å². The van der Waals surface area contributed by atoms with E-state index < -0.39 is 54.3 Å². The van der Waals surface area contributed by atoms with Crippen molar-refractivity contribution in [2.24, 2.45) is 0 Å². The van der Waals surface area contributed by atoms with Crippen LogP contribution in [0.5, 0.6) is 0 Å². The second-order valence-corrected chi connectivity index (χ2v) is 7.58. The molecular formula is C16H30N2O7. The summed E-state index contributed by atoms with van der Waals surface area (Å²) in [6, 6.07) is -1.25. The normalized spacial score (nSPS) is 14.2. The average Bonchev–Trinajstić information content (AvgIpc) is 2.40. The number of carbonyl (C=O) groups is 3. The molecule has 0 aromatic rings. The molecule has 2 unspecified atom stereocenters. The highest BCUT2D eigenvalue weighted by Gasteiger charge is 2.30.